The summed E-state index contributed by atoms with van der Waals surface area (Å²) in [7, 11) is 2.21. The van der Waals surface area contributed by atoms with E-state index in [2.05, 4.69) is 60.4 Å². The van der Waals surface area contributed by atoms with Crippen LogP contribution in [0.4, 0.5) is 0 Å². The summed E-state index contributed by atoms with van der Waals surface area (Å²) in [6, 6.07) is 8.81. The van der Waals surface area contributed by atoms with Gasteiger partial charge in [0, 0.05) is 55.7 Å². The average Bonchev–Trinajstić information content (AvgIpc) is 3.48. The molecule has 1 aliphatic carbocycles. The van der Waals surface area contributed by atoms with Crippen LogP contribution in [-0.4, -0.2) is 74.7 Å². The van der Waals surface area contributed by atoms with Gasteiger partial charge in [0.05, 0.1) is 6.54 Å². The Hall–Kier alpha value is -1.30. The zero-order valence-electron chi connectivity index (χ0n) is 18.5. The van der Waals surface area contributed by atoms with Crippen LogP contribution in [0, 0.1) is 5.92 Å². The molecule has 0 spiro atoms. The third-order valence-electron chi connectivity index (χ3n) is 6.43. The second-order valence-electron chi connectivity index (χ2n) is 9.02. The summed E-state index contributed by atoms with van der Waals surface area (Å²) in [5.41, 5.74) is 1.49. The molecule has 1 heterocycles. The third-order valence-corrected chi connectivity index (χ3v) is 6.66. The van der Waals surface area contributed by atoms with Crippen LogP contribution in [0.2, 0.25) is 5.02 Å². The van der Waals surface area contributed by atoms with Crippen LogP contribution in [0.25, 0.3) is 0 Å². The molecule has 3 rings (SSSR count). The quantitative estimate of drug-likeness (QED) is 0.501. The fourth-order valence-corrected chi connectivity index (χ4v) is 4.41. The molecule has 2 fully saturated rings. The Labute approximate surface area is 181 Å². The van der Waals surface area contributed by atoms with Gasteiger partial charge in [-0.15, -0.1) is 0 Å². The molecule has 1 aromatic carbocycles. The number of benzene rings is 1. The molecule has 5 nitrogen and oxygen atoms in total. The zero-order valence-corrected chi connectivity index (χ0v) is 19.3. The fourth-order valence-electron chi connectivity index (χ4n) is 4.22. The van der Waals surface area contributed by atoms with Gasteiger partial charge in [-0.3, -0.25) is 9.89 Å². The minimum absolute atomic E-state index is 0.169. The molecule has 1 aromatic rings. The molecule has 162 valence electrons. The molecule has 0 bridgehead atoms. The number of aliphatic imine (C=N–C) groups is 1. The van der Waals surface area contributed by atoms with E-state index in [0.29, 0.717) is 12.0 Å². The Balaban J connectivity index is 1.61. The van der Waals surface area contributed by atoms with Crippen molar-refractivity contribution in [2.24, 2.45) is 10.9 Å². The van der Waals surface area contributed by atoms with Crippen LogP contribution in [0.3, 0.4) is 0 Å². The van der Waals surface area contributed by atoms with Crippen molar-refractivity contribution in [3.05, 3.63) is 34.9 Å². The van der Waals surface area contributed by atoms with E-state index in [9.17, 15) is 0 Å². The highest BCUT2D eigenvalue weighted by Gasteiger charge is 2.44. The number of nitrogens with one attached hydrogen (secondary N) is 2. The van der Waals surface area contributed by atoms with Gasteiger partial charge in [-0.1, -0.05) is 37.6 Å². The van der Waals surface area contributed by atoms with Crippen LogP contribution >= 0.6 is 11.6 Å². The highest BCUT2D eigenvalue weighted by Crippen LogP contribution is 2.48. The highest BCUT2D eigenvalue weighted by atomic mass is 35.5. The Morgan fingerprint density at radius 2 is 1.90 bits per heavy atom. The summed E-state index contributed by atoms with van der Waals surface area (Å²) >= 11 is 6.22. The molecule has 2 N–H and O–H groups in total. The van der Waals surface area contributed by atoms with Crippen LogP contribution in [0.5, 0.6) is 0 Å². The van der Waals surface area contributed by atoms with E-state index in [1.165, 1.54) is 18.4 Å². The van der Waals surface area contributed by atoms with E-state index < -0.39 is 0 Å². The molecular formula is C23H38ClN5. The predicted molar refractivity (Wildman–Crippen MR) is 124 cm³/mol. The maximum atomic E-state index is 6.22. The molecule has 0 aromatic heterocycles. The van der Waals surface area contributed by atoms with Crippen molar-refractivity contribution in [2.45, 2.75) is 45.1 Å². The number of hydrogen-bond donors (Lipinski definition) is 2. The van der Waals surface area contributed by atoms with Crippen molar-refractivity contribution in [3.8, 4) is 0 Å². The highest BCUT2D eigenvalue weighted by molar-refractivity contribution is 6.30. The molecule has 1 aliphatic heterocycles. The Bertz CT molecular complexity index is 678. The van der Waals surface area contributed by atoms with Crippen molar-refractivity contribution in [3.63, 3.8) is 0 Å². The van der Waals surface area contributed by atoms with Gasteiger partial charge in [0.2, 0.25) is 0 Å². The first kappa shape index (κ1) is 22.4. The minimum Gasteiger partial charge on any atom is -0.357 e. The van der Waals surface area contributed by atoms with E-state index in [1.54, 1.807) is 0 Å². The van der Waals surface area contributed by atoms with Gasteiger partial charge in [0.15, 0.2) is 5.96 Å². The van der Waals surface area contributed by atoms with Gasteiger partial charge >= 0.3 is 0 Å². The maximum absolute atomic E-state index is 6.22. The molecule has 2 aliphatic rings. The second-order valence-corrected chi connectivity index (χ2v) is 9.45. The first-order valence-corrected chi connectivity index (χ1v) is 11.5. The summed E-state index contributed by atoms with van der Waals surface area (Å²) in [4.78, 5) is 10.0. The van der Waals surface area contributed by atoms with Crippen molar-refractivity contribution < 1.29 is 0 Å². The number of rotatable bonds is 8. The topological polar surface area (TPSA) is 42.9 Å². The van der Waals surface area contributed by atoms with Crippen LogP contribution in [-0.2, 0) is 5.41 Å². The minimum atomic E-state index is 0.169. The number of likely N-dealkylation sites (N-methyl/N-ethyl adjacent to an activating group) is 1. The lowest BCUT2D eigenvalue weighted by Gasteiger charge is -2.40. The van der Waals surface area contributed by atoms with Gasteiger partial charge in [-0.25, -0.2) is 0 Å². The predicted octanol–water partition coefficient (Wildman–Crippen LogP) is 3.20. The molecule has 29 heavy (non-hydrogen) atoms. The van der Waals surface area contributed by atoms with Gasteiger partial charge in [-0.2, -0.15) is 0 Å². The molecule has 1 atom stereocenters. The molecule has 1 saturated heterocycles. The number of nitrogens with zero attached hydrogens (tertiary/aromatic N) is 3. The first-order chi connectivity index (χ1) is 13.9. The zero-order chi connectivity index (χ0) is 20.9. The molecular weight excluding hydrogens is 382 g/mol. The summed E-state index contributed by atoms with van der Waals surface area (Å²) in [6.45, 7) is 14.0. The van der Waals surface area contributed by atoms with Crippen LogP contribution in [0.15, 0.2) is 29.3 Å². The monoisotopic (exact) mass is 419 g/mol. The lowest BCUT2D eigenvalue weighted by Crippen LogP contribution is -2.55. The SMILES string of the molecule is CCNC(=NCC1(c2cccc(Cl)c2)CC1)NCC(C(C)C)N1CCN(C)CC1. The van der Waals surface area contributed by atoms with E-state index in [1.807, 2.05) is 12.1 Å². The summed E-state index contributed by atoms with van der Waals surface area (Å²) in [5, 5.41) is 7.88. The van der Waals surface area contributed by atoms with Crippen LogP contribution < -0.4 is 10.6 Å². The van der Waals surface area contributed by atoms with E-state index in [0.717, 1.165) is 56.8 Å². The Morgan fingerprint density at radius 1 is 1.17 bits per heavy atom. The molecule has 0 amide bonds. The lowest BCUT2D eigenvalue weighted by molar-refractivity contribution is 0.0900. The van der Waals surface area contributed by atoms with Crippen LogP contribution in [0.1, 0.15) is 39.2 Å². The number of halogens is 1. The average molecular weight is 420 g/mol. The smallest absolute Gasteiger partial charge is 0.191 e. The summed E-state index contributed by atoms with van der Waals surface area (Å²) in [6.07, 6.45) is 2.37. The maximum Gasteiger partial charge on any atom is 0.191 e. The molecule has 6 heteroatoms. The molecule has 1 saturated carbocycles. The van der Waals surface area contributed by atoms with Crippen molar-refractivity contribution in [1.29, 1.82) is 0 Å². The van der Waals surface area contributed by atoms with Gasteiger partial charge in [-0.05, 0) is 50.4 Å². The first-order valence-electron chi connectivity index (χ1n) is 11.1. The summed E-state index contributed by atoms with van der Waals surface area (Å²) < 4.78 is 0. The molecule has 0 radical (unpaired) electrons. The molecule has 1 unspecified atom stereocenters. The normalized spacial score (nSPS) is 21.2. The second kappa shape index (κ2) is 10.1. The van der Waals surface area contributed by atoms with Crippen molar-refractivity contribution in [1.82, 2.24) is 20.4 Å². The number of hydrogen-bond acceptors (Lipinski definition) is 3. The number of piperazine rings is 1. The Morgan fingerprint density at radius 3 is 2.48 bits per heavy atom. The van der Waals surface area contributed by atoms with Gasteiger partial charge in [0.1, 0.15) is 0 Å². The van der Waals surface area contributed by atoms with Crippen molar-refractivity contribution >= 4 is 17.6 Å². The van der Waals surface area contributed by atoms with E-state index >= 15 is 0 Å². The number of guanidine groups is 1. The summed E-state index contributed by atoms with van der Waals surface area (Å²) in [5.74, 6) is 1.54. The largest absolute Gasteiger partial charge is 0.357 e. The standard InChI is InChI=1S/C23H38ClN5/c1-5-25-22(26-16-21(18(2)3)29-13-11-28(4)12-14-29)27-17-23(9-10-23)19-7-6-8-20(24)15-19/h6-8,15,18,21H,5,9-14,16-17H2,1-4H3,(H2,25,26,27). The van der Waals surface area contributed by atoms with E-state index in [4.69, 9.17) is 16.6 Å². The van der Waals surface area contributed by atoms with E-state index in [-0.39, 0.29) is 5.41 Å². The Kier molecular flexibility index (Phi) is 7.83. The van der Waals surface area contributed by atoms with Gasteiger partial charge in [0.25, 0.3) is 0 Å². The third kappa shape index (κ3) is 6.09. The fraction of sp³-hybridized carbons (Fsp3) is 0.696. The lowest BCUT2D eigenvalue weighted by atomic mass is 9.96. The van der Waals surface area contributed by atoms with Crippen molar-refractivity contribution in [2.75, 3.05) is 52.9 Å². The van der Waals surface area contributed by atoms with Gasteiger partial charge < -0.3 is 15.5 Å².